The van der Waals surface area contributed by atoms with Crippen LogP contribution in [0.2, 0.25) is 0 Å². The third kappa shape index (κ3) is 4.07. The first-order chi connectivity index (χ1) is 18.9. The number of hydrogen-bond acceptors (Lipinski definition) is 9. The number of esters is 2. The van der Waals surface area contributed by atoms with Crippen LogP contribution in [0.15, 0.2) is 36.0 Å². The molecule has 1 spiro atoms. The summed E-state index contributed by atoms with van der Waals surface area (Å²) in [5.74, 6) is -6.50. The monoisotopic (exact) mass is 558 g/mol. The molecule has 0 aromatic rings. The minimum atomic E-state index is -2.17. The fraction of sp³-hybridized carbons (Fsp3) is 0.710. The van der Waals surface area contributed by atoms with Crippen molar-refractivity contribution in [3.05, 3.63) is 36.0 Å². The average molecular weight is 559 g/mol. The average Bonchev–Trinajstić information content (AvgIpc) is 3.20. The Kier molecular flexibility index (Phi) is 7.66. The summed E-state index contributed by atoms with van der Waals surface area (Å²) in [6, 6.07) is 0. The molecule has 5 rings (SSSR count). The molecule has 2 saturated carbocycles. The summed E-state index contributed by atoms with van der Waals surface area (Å²) in [5, 5.41) is 34.5. The third-order valence-electron chi connectivity index (χ3n) is 10.4. The summed E-state index contributed by atoms with van der Waals surface area (Å²) in [6.07, 6.45) is 6.89. The lowest BCUT2D eigenvalue weighted by molar-refractivity contribution is -0.311. The van der Waals surface area contributed by atoms with Gasteiger partial charge in [-0.3, -0.25) is 4.79 Å². The van der Waals surface area contributed by atoms with E-state index in [9.17, 15) is 29.7 Å². The maximum atomic E-state index is 13.4. The molecule has 2 heterocycles. The van der Waals surface area contributed by atoms with E-state index in [0.717, 1.165) is 19.3 Å². The van der Waals surface area contributed by atoms with Crippen molar-refractivity contribution in [2.45, 2.75) is 102 Å². The number of ketones is 1. The van der Waals surface area contributed by atoms with Gasteiger partial charge in [-0.1, -0.05) is 64.2 Å². The van der Waals surface area contributed by atoms with Gasteiger partial charge in [0.15, 0.2) is 11.6 Å². The Bertz CT molecular complexity index is 1140. The van der Waals surface area contributed by atoms with Gasteiger partial charge < -0.3 is 29.5 Å². The van der Waals surface area contributed by atoms with Gasteiger partial charge in [-0.25, -0.2) is 9.59 Å². The van der Waals surface area contributed by atoms with Crippen LogP contribution in [-0.4, -0.2) is 69.9 Å². The Morgan fingerprint density at radius 2 is 1.88 bits per heavy atom. The first kappa shape index (κ1) is 29.2. The van der Waals surface area contributed by atoms with E-state index in [-0.39, 0.29) is 18.6 Å². The molecule has 3 aliphatic carbocycles. The Morgan fingerprint density at radius 1 is 1.18 bits per heavy atom. The van der Waals surface area contributed by atoms with E-state index in [1.165, 1.54) is 31.4 Å². The molecule has 0 amide bonds. The van der Waals surface area contributed by atoms with Crippen LogP contribution in [0.3, 0.4) is 0 Å². The number of ether oxygens (including phenoxy) is 3. The number of rotatable bonds is 9. The fourth-order valence-electron chi connectivity index (χ4n) is 8.69. The summed E-state index contributed by atoms with van der Waals surface area (Å²) < 4.78 is 17.5. The second kappa shape index (κ2) is 10.5. The zero-order chi connectivity index (χ0) is 29.0. The van der Waals surface area contributed by atoms with Crippen LogP contribution < -0.4 is 0 Å². The van der Waals surface area contributed by atoms with Gasteiger partial charge in [0.2, 0.25) is 6.10 Å². The van der Waals surface area contributed by atoms with E-state index in [1.54, 1.807) is 19.9 Å². The summed E-state index contributed by atoms with van der Waals surface area (Å²) in [7, 11) is 0. The molecular formula is C31H42O9. The van der Waals surface area contributed by atoms with Gasteiger partial charge in [0.05, 0.1) is 12.0 Å². The van der Waals surface area contributed by atoms with Crippen LogP contribution in [-0.2, 0) is 28.6 Å². The van der Waals surface area contributed by atoms with E-state index < -0.39 is 76.5 Å². The van der Waals surface area contributed by atoms with Crippen LogP contribution in [0.5, 0.6) is 0 Å². The molecule has 5 aliphatic rings. The number of aliphatic hydroxyl groups excluding tert-OH is 2. The predicted molar refractivity (Wildman–Crippen MR) is 143 cm³/mol. The van der Waals surface area contributed by atoms with E-state index in [1.807, 2.05) is 0 Å². The predicted octanol–water partition coefficient (Wildman–Crippen LogP) is 2.91. The van der Waals surface area contributed by atoms with Gasteiger partial charge in [0.1, 0.15) is 18.3 Å². The van der Waals surface area contributed by atoms with Crippen LogP contribution in [0.25, 0.3) is 0 Å². The maximum absolute atomic E-state index is 13.4. The fourth-order valence-corrected chi connectivity index (χ4v) is 8.69. The van der Waals surface area contributed by atoms with Crippen LogP contribution in [0.4, 0.5) is 0 Å². The molecule has 2 aliphatic heterocycles. The van der Waals surface area contributed by atoms with Crippen molar-refractivity contribution in [1.82, 2.24) is 0 Å². The number of hydrogen-bond donors (Lipinski definition) is 3. The van der Waals surface area contributed by atoms with E-state index >= 15 is 0 Å². The second-order valence-electron chi connectivity index (χ2n) is 12.6. The van der Waals surface area contributed by atoms with Crippen LogP contribution >= 0.6 is 0 Å². The molecule has 9 nitrogen and oxygen atoms in total. The maximum Gasteiger partial charge on any atom is 0.348 e. The van der Waals surface area contributed by atoms with Gasteiger partial charge in [-0.05, 0) is 43.8 Å². The lowest BCUT2D eigenvalue weighted by Crippen LogP contribution is -2.76. The highest BCUT2D eigenvalue weighted by molar-refractivity contribution is 5.96. The number of unbranched alkanes of at least 4 members (excludes halogenated alkanes) is 6. The number of fused-ring (bicyclic) bond motifs is 1. The molecule has 2 saturated heterocycles. The summed E-state index contributed by atoms with van der Waals surface area (Å²) in [6.45, 7) is 9.57. The summed E-state index contributed by atoms with van der Waals surface area (Å²) in [5.41, 5.74) is -1.60. The van der Waals surface area contributed by atoms with Gasteiger partial charge in [-0.2, -0.15) is 0 Å². The lowest BCUT2D eigenvalue weighted by atomic mass is 9.38. The van der Waals surface area contributed by atoms with Gasteiger partial charge >= 0.3 is 11.9 Å². The number of allylic oxidation sites excluding steroid dienone is 2. The molecule has 4 unspecified atom stereocenters. The SMILES string of the molecule is C=C1C(O)C2(O)OC[C@@]34[C@H]1C(OC(=O)/C=C/CCCCCCCC)C(=O)O[C@@H]3C[C@H]1C(C)=CC(=O)C(O)[C@]1(C)[C@@H]24. The minimum Gasteiger partial charge on any atom is -0.459 e. The Balaban J connectivity index is 1.43. The molecule has 40 heavy (non-hydrogen) atoms. The third-order valence-corrected chi connectivity index (χ3v) is 10.4. The second-order valence-corrected chi connectivity index (χ2v) is 12.6. The Morgan fingerprint density at radius 3 is 2.60 bits per heavy atom. The Labute approximate surface area is 235 Å². The first-order valence-corrected chi connectivity index (χ1v) is 14.6. The Hall–Kier alpha value is -2.33. The first-order valence-electron chi connectivity index (χ1n) is 14.6. The zero-order valence-corrected chi connectivity index (χ0v) is 23.6. The van der Waals surface area contributed by atoms with Crippen LogP contribution in [0, 0.1) is 28.6 Å². The van der Waals surface area contributed by atoms with Crippen molar-refractivity contribution in [2.75, 3.05) is 6.61 Å². The smallest absolute Gasteiger partial charge is 0.348 e. The topological polar surface area (TPSA) is 140 Å². The van der Waals surface area contributed by atoms with E-state index in [2.05, 4.69) is 13.5 Å². The summed E-state index contributed by atoms with van der Waals surface area (Å²) >= 11 is 0. The van der Waals surface area contributed by atoms with Crippen molar-refractivity contribution < 1.29 is 43.9 Å². The normalized spacial score (nSPS) is 43.7. The van der Waals surface area contributed by atoms with Crippen LogP contribution in [0.1, 0.15) is 72.1 Å². The van der Waals surface area contributed by atoms with Crippen molar-refractivity contribution in [3.8, 4) is 0 Å². The number of aliphatic hydroxyl groups is 3. The molecule has 3 N–H and O–H groups in total. The van der Waals surface area contributed by atoms with Crippen molar-refractivity contribution >= 4 is 17.7 Å². The molecule has 0 radical (unpaired) electrons. The highest BCUT2D eigenvalue weighted by Crippen LogP contribution is 2.73. The van der Waals surface area contributed by atoms with Gasteiger partial charge in [0, 0.05) is 23.3 Å². The van der Waals surface area contributed by atoms with E-state index in [4.69, 9.17) is 14.2 Å². The highest BCUT2D eigenvalue weighted by Gasteiger charge is 2.83. The summed E-state index contributed by atoms with van der Waals surface area (Å²) in [4.78, 5) is 39.1. The quantitative estimate of drug-likeness (QED) is 0.169. The van der Waals surface area contributed by atoms with Crippen molar-refractivity contribution in [2.24, 2.45) is 28.6 Å². The standard InChI is InChI=1S/C31H42O9/c1-5-6-7-8-9-10-11-12-13-22(33)40-24-23-18(3)25(34)31(37)28-29(4)19(17(2)14-20(32)26(29)35)15-21(39-27(24)36)30(23,28)16-38-31/h12-14,19,21,23-26,28,34-35,37H,3,5-11,15-16H2,1-2,4H3/b13-12+/t19-,21+,23+,24?,25?,26?,28+,29+,30-,31?/m0/s1. The lowest BCUT2D eigenvalue weighted by Gasteiger charge is -2.67. The highest BCUT2D eigenvalue weighted by atomic mass is 16.7. The molecule has 0 aromatic heterocycles. The number of carbonyl (C=O) groups is 3. The molecule has 4 fully saturated rings. The largest absolute Gasteiger partial charge is 0.459 e. The van der Waals surface area contributed by atoms with Gasteiger partial charge in [0.25, 0.3) is 0 Å². The number of carbonyl (C=O) groups excluding carboxylic acids is 3. The molecule has 10 atom stereocenters. The molecule has 9 heteroatoms. The molecular weight excluding hydrogens is 516 g/mol. The van der Waals surface area contributed by atoms with E-state index in [0.29, 0.717) is 12.0 Å². The molecule has 0 aromatic carbocycles. The van der Waals surface area contributed by atoms with Crippen molar-refractivity contribution in [1.29, 1.82) is 0 Å². The zero-order valence-electron chi connectivity index (χ0n) is 23.6. The molecule has 2 bridgehead atoms. The van der Waals surface area contributed by atoms with Gasteiger partial charge in [-0.15, -0.1) is 0 Å². The van der Waals surface area contributed by atoms with Crippen molar-refractivity contribution in [3.63, 3.8) is 0 Å². The molecule has 220 valence electrons. The minimum absolute atomic E-state index is 0.109.